The molecule has 0 aromatic heterocycles. The fraction of sp³-hybridized carbons (Fsp3) is 0.647. The monoisotopic (exact) mass is 272 g/mol. The molecular weight excluding hydrogens is 248 g/mol. The lowest BCUT2D eigenvalue weighted by molar-refractivity contribution is -0.0123. The van der Waals surface area contributed by atoms with E-state index >= 15 is 0 Å². The maximum absolute atomic E-state index is 5.89. The predicted octanol–water partition coefficient (Wildman–Crippen LogP) is 2.68. The number of hydrogen-bond acceptors (Lipinski definition) is 3. The van der Waals surface area contributed by atoms with Crippen molar-refractivity contribution in [1.29, 1.82) is 0 Å². The molecule has 108 valence electrons. The van der Waals surface area contributed by atoms with Gasteiger partial charge in [-0.2, -0.15) is 0 Å². The van der Waals surface area contributed by atoms with Crippen LogP contribution in [0.4, 0.5) is 0 Å². The Labute approximate surface area is 121 Å². The quantitative estimate of drug-likeness (QED) is 0.782. The summed E-state index contributed by atoms with van der Waals surface area (Å²) in [6.45, 7) is 6.95. The maximum atomic E-state index is 5.89. The van der Waals surface area contributed by atoms with Crippen LogP contribution in [0.2, 0.25) is 0 Å². The molecule has 20 heavy (non-hydrogen) atoms. The molecule has 1 aromatic rings. The van der Waals surface area contributed by atoms with Gasteiger partial charge in [0.05, 0.1) is 6.04 Å². The average Bonchev–Trinajstić information content (AvgIpc) is 2.90. The third-order valence-electron chi connectivity index (χ3n) is 5.31. The normalized spacial score (nSPS) is 34.4. The first-order chi connectivity index (χ1) is 9.83. The van der Waals surface area contributed by atoms with E-state index in [-0.39, 0.29) is 0 Å². The van der Waals surface area contributed by atoms with Gasteiger partial charge in [-0.05, 0) is 32.4 Å². The molecule has 3 heterocycles. The van der Waals surface area contributed by atoms with Gasteiger partial charge >= 0.3 is 0 Å². The summed E-state index contributed by atoms with van der Waals surface area (Å²) < 4.78 is 5.89. The lowest BCUT2D eigenvalue weighted by atomic mass is 9.94. The minimum Gasteiger partial charge on any atom is -0.491 e. The van der Waals surface area contributed by atoms with Crippen LogP contribution in [0.25, 0.3) is 0 Å². The number of rotatable bonds is 1. The molecule has 1 aromatic carbocycles. The lowest BCUT2D eigenvalue weighted by Gasteiger charge is -2.49. The SMILES string of the molecule is CC1CN2CCCCC2CN1C1COc2ccccc21. The van der Waals surface area contributed by atoms with Crippen molar-refractivity contribution in [1.82, 2.24) is 9.80 Å². The van der Waals surface area contributed by atoms with E-state index in [0.29, 0.717) is 12.1 Å². The van der Waals surface area contributed by atoms with E-state index in [0.717, 1.165) is 18.4 Å². The molecule has 0 saturated carbocycles. The van der Waals surface area contributed by atoms with Crippen molar-refractivity contribution < 1.29 is 4.74 Å². The highest BCUT2D eigenvalue weighted by Crippen LogP contribution is 2.38. The second kappa shape index (κ2) is 5.05. The Morgan fingerprint density at radius 2 is 2.05 bits per heavy atom. The van der Waals surface area contributed by atoms with E-state index in [4.69, 9.17) is 4.74 Å². The van der Waals surface area contributed by atoms with Gasteiger partial charge in [-0.25, -0.2) is 0 Å². The van der Waals surface area contributed by atoms with Crippen LogP contribution in [-0.2, 0) is 0 Å². The van der Waals surface area contributed by atoms with Crippen molar-refractivity contribution in [2.24, 2.45) is 0 Å². The topological polar surface area (TPSA) is 15.7 Å². The van der Waals surface area contributed by atoms with Gasteiger partial charge in [-0.15, -0.1) is 0 Å². The number of hydrogen-bond donors (Lipinski definition) is 0. The van der Waals surface area contributed by atoms with Crippen LogP contribution in [0, 0.1) is 0 Å². The lowest BCUT2D eigenvalue weighted by Crippen LogP contribution is -2.59. The van der Waals surface area contributed by atoms with Gasteiger partial charge in [-0.3, -0.25) is 9.80 Å². The van der Waals surface area contributed by atoms with Crippen LogP contribution in [0.15, 0.2) is 24.3 Å². The molecule has 0 bridgehead atoms. The van der Waals surface area contributed by atoms with Gasteiger partial charge in [0.15, 0.2) is 0 Å². The average molecular weight is 272 g/mol. The van der Waals surface area contributed by atoms with Crippen molar-refractivity contribution >= 4 is 0 Å². The standard InChI is InChI=1S/C17H24N2O/c1-13-10-18-9-5-4-6-14(18)11-19(13)16-12-20-17-8-3-2-7-15(16)17/h2-3,7-8,13-14,16H,4-6,9-12H2,1H3. The van der Waals surface area contributed by atoms with Crippen LogP contribution in [0.3, 0.4) is 0 Å². The Kier molecular flexibility index (Phi) is 3.20. The summed E-state index contributed by atoms with van der Waals surface area (Å²) in [4.78, 5) is 5.41. The smallest absolute Gasteiger partial charge is 0.124 e. The number of piperidine rings is 1. The number of piperazine rings is 1. The van der Waals surface area contributed by atoms with Gasteiger partial charge in [0.2, 0.25) is 0 Å². The fourth-order valence-corrected chi connectivity index (χ4v) is 4.23. The van der Waals surface area contributed by atoms with E-state index in [9.17, 15) is 0 Å². The molecule has 0 spiro atoms. The summed E-state index contributed by atoms with van der Waals surface area (Å²) in [5.74, 6) is 1.09. The number of benzene rings is 1. The number of para-hydroxylation sites is 1. The Bertz CT molecular complexity index is 490. The zero-order valence-electron chi connectivity index (χ0n) is 12.3. The van der Waals surface area contributed by atoms with Crippen molar-refractivity contribution in [3.63, 3.8) is 0 Å². The van der Waals surface area contributed by atoms with E-state index in [1.807, 2.05) is 0 Å². The van der Waals surface area contributed by atoms with Crippen molar-refractivity contribution in [3.8, 4) is 5.75 Å². The molecule has 3 unspecified atom stereocenters. The zero-order valence-corrected chi connectivity index (χ0v) is 12.3. The van der Waals surface area contributed by atoms with E-state index < -0.39 is 0 Å². The molecule has 2 saturated heterocycles. The summed E-state index contributed by atoms with van der Waals surface area (Å²) in [5.41, 5.74) is 1.39. The fourth-order valence-electron chi connectivity index (χ4n) is 4.23. The highest BCUT2D eigenvalue weighted by molar-refractivity contribution is 5.39. The summed E-state index contributed by atoms with van der Waals surface area (Å²) in [6.07, 6.45) is 4.16. The Morgan fingerprint density at radius 3 is 3.00 bits per heavy atom. The second-order valence-corrected chi connectivity index (χ2v) is 6.55. The van der Waals surface area contributed by atoms with Gasteiger partial charge in [0.1, 0.15) is 12.4 Å². The molecule has 3 aliphatic rings. The Morgan fingerprint density at radius 1 is 1.15 bits per heavy atom. The molecule has 3 nitrogen and oxygen atoms in total. The molecule has 0 aliphatic carbocycles. The molecule has 3 aliphatic heterocycles. The highest BCUT2D eigenvalue weighted by atomic mass is 16.5. The third-order valence-corrected chi connectivity index (χ3v) is 5.31. The van der Waals surface area contributed by atoms with Gasteiger partial charge in [0, 0.05) is 30.7 Å². The molecule has 2 fully saturated rings. The number of fused-ring (bicyclic) bond motifs is 2. The van der Waals surface area contributed by atoms with Crippen LogP contribution in [-0.4, -0.2) is 48.1 Å². The van der Waals surface area contributed by atoms with Crippen LogP contribution in [0.5, 0.6) is 5.75 Å². The number of nitrogens with zero attached hydrogens (tertiary/aromatic N) is 2. The molecular formula is C17H24N2O. The minimum absolute atomic E-state index is 0.463. The third kappa shape index (κ3) is 2.04. The van der Waals surface area contributed by atoms with E-state index in [1.54, 1.807) is 0 Å². The van der Waals surface area contributed by atoms with Gasteiger partial charge < -0.3 is 4.74 Å². The summed E-state index contributed by atoms with van der Waals surface area (Å²) >= 11 is 0. The first-order valence-corrected chi connectivity index (χ1v) is 8.04. The summed E-state index contributed by atoms with van der Waals surface area (Å²) in [7, 11) is 0. The largest absolute Gasteiger partial charge is 0.491 e. The predicted molar refractivity (Wildman–Crippen MR) is 80.1 cm³/mol. The van der Waals surface area contributed by atoms with E-state index in [2.05, 4.69) is 41.0 Å². The first-order valence-electron chi connectivity index (χ1n) is 8.04. The molecule has 3 heteroatoms. The van der Waals surface area contributed by atoms with E-state index in [1.165, 1.54) is 44.5 Å². The van der Waals surface area contributed by atoms with Crippen molar-refractivity contribution in [3.05, 3.63) is 29.8 Å². The highest BCUT2D eigenvalue weighted by Gasteiger charge is 2.39. The molecule has 0 N–H and O–H groups in total. The maximum Gasteiger partial charge on any atom is 0.124 e. The Hall–Kier alpha value is -1.06. The van der Waals surface area contributed by atoms with Crippen LogP contribution in [0.1, 0.15) is 37.8 Å². The molecule has 3 atom stereocenters. The van der Waals surface area contributed by atoms with Gasteiger partial charge in [-0.1, -0.05) is 24.6 Å². The van der Waals surface area contributed by atoms with Crippen molar-refractivity contribution in [2.75, 3.05) is 26.2 Å². The summed E-state index contributed by atoms with van der Waals surface area (Å²) in [5, 5.41) is 0. The summed E-state index contributed by atoms with van der Waals surface area (Å²) in [6, 6.07) is 10.4. The molecule has 0 radical (unpaired) electrons. The molecule has 0 amide bonds. The second-order valence-electron chi connectivity index (χ2n) is 6.55. The minimum atomic E-state index is 0.463. The first kappa shape index (κ1) is 12.7. The van der Waals surface area contributed by atoms with Crippen LogP contribution < -0.4 is 4.74 Å². The van der Waals surface area contributed by atoms with Gasteiger partial charge in [0.25, 0.3) is 0 Å². The number of ether oxygens (including phenoxy) is 1. The van der Waals surface area contributed by atoms with Crippen LogP contribution >= 0.6 is 0 Å². The Balaban J connectivity index is 1.57. The molecule has 4 rings (SSSR count). The van der Waals surface area contributed by atoms with Crippen molar-refractivity contribution in [2.45, 2.75) is 44.3 Å². The zero-order chi connectivity index (χ0) is 13.5.